The Morgan fingerprint density at radius 2 is 0.761 bits per heavy atom. The fraction of sp³-hybridized carbons (Fsp3) is 0.121. The summed E-state index contributed by atoms with van der Waals surface area (Å²) in [6, 6.07) is 79.7. The highest BCUT2D eigenvalue weighted by molar-refractivity contribution is 7.20. The molecule has 10 aromatic carbocycles. The first-order valence-electron chi connectivity index (χ1n) is 24.9. The maximum absolute atomic E-state index is 5.76. The molecule has 0 saturated heterocycles. The Morgan fingerprint density at radius 3 is 1.15 bits per heavy atom. The fourth-order valence-corrected chi connectivity index (χ4v) is 13.5. The largest absolute Gasteiger partial charge is 0.309 e. The second kappa shape index (κ2) is 16.0. The third-order valence-corrected chi connectivity index (χ3v) is 17.7. The van der Waals surface area contributed by atoms with E-state index in [0.29, 0.717) is 5.92 Å². The maximum Gasteiger partial charge on any atom is 0.108 e. The van der Waals surface area contributed by atoms with Crippen LogP contribution in [0.4, 0.5) is 34.1 Å². The van der Waals surface area contributed by atoms with Crippen LogP contribution < -0.4 is 9.80 Å². The summed E-state index contributed by atoms with van der Waals surface area (Å²) < 4.78 is 0. The molecule has 1 saturated carbocycles. The highest BCUT2D eigenvalue weighted by Crippen LogP contribution is 2.67. The first-order valence-corrected chi connectivity index (χ1v) is 25.7. The molecule has 12 aromatic rings. The molecule has 2 aromatic heterocycles. The molecule has 2 aliphatic rings. The molecule has 340 valence electrons. The van der Waals surface area contributed by atoms with E-state index in [4.69, 9.17) is 9.97 Å². The minimum atomic E-state index is -0.0246. The van der Waals surface area contributed by atoms with Gasteiger partial charge in [-0.1, -0.05) is 191 Å². The van der Waals surface area contributed by atoms with Crippen molar-refractivity contribution in [3.63, 3.8) is 0 Å². The van der Waals surface area contributed by atoms with Gasteiger partial charge >= 0.3 is 0 Å². The molecule has 5 heteroatoms. The zero-order valence-corrected chi connectivity index (χ0v) is 40.8. The van der Waals surface area contributed by atoms with Gasteiger partial charge < -0.3 is 9.80 Å². The fourth-order valence-electron chi connectivity index (χ4n) is 12.4. The van der Waals surface area contributed by atoms with Gasteiger partial charge in [0.2, 0.25) is 0 Å². The van der Waals surface area contributed by atoms with E-state index in [0.717, 1.165) is 78.9 Å². The molecule has 2 atom stereocenters. The lowest BCUT2D eigenvalue weighted by molar-refractivity contribution is 0.227. The highest BCUT2D eigenvalue weighted by atomic mass is 32.1. The number of hydrogen-bond donors (Lipinski definition) is 0. The third kappa shape index (κ3) is 6.35. The molecule has 1 fully saturated rings. The van der Waals surface area contributed by atoms with Crippen LogP contribution in [0.15, 0.2) is 218 Å². The van der Waals surface area contributed by atoms with Crippen molar-refractivity contribution >= 4 is 99.6 Å². The highest BCUT2D eigenvalue weighted by Gasteiger charge is 2.61. The van der Waals surface area contributed by atoms with Crippen LogP contribution in [-0.2, 0) is 5.41 Å². The number of anilines is 6. The van der Waals surface area contributed by atoms with E-state index in [2.05, 4.69) is 249 Å². The lowest BCUT2D eigenvalue weighted by Gasteiger charge is -2.34. The topological polar surface area (TPSA) is 32.3 Å². The summed E-state index contributed by atoms with van der Waals surface area (Å²) in [6.45, 7) is 7.32. The van der Waals surface area contributed by atoms with Crippen LogP contribution in [0, 0.1) is 5.41 Å². The zero-order chi connectivity index (χ0) is 47.4. The Morgan fingerprint density at radius 1 is 0.408 bits per heavy atom. The molecular formula is C66H50N4S. The Balaban J connectivity index is 0.928. The number of nitrogens with zero attached hydrogens (tertiary/aromatic N) is 4. The van der Waals surface area contributed by atoms with Gasteiger partial charge in [0.25, 0.3) is 0 Å². The van der Waals surface area contributed by atoms with Crippen molar-refractivity contribution in [2.75, 3.05) is 9.80 Å². The Kier molecular flexibility index (Phi) is 9.40. The number of benzene rings is 10. The summed E-state index contributed by atoms with van der Waals surface area (Å²) in [7, 11) is 0. The van der Waals surface area contributed by atoms with Crippen LogP contribution in [0.2, 0.25) is 0 Å². The summed E-state index contributed by atoms with van der Waals surface area (Å²) in [5, 5.41) is 9.68. The third-order valence-electron chi connectivity index (χ3n) is 16.4. The normalized spacial score (nSPS) is 16.9. The number of fused-ring (bicyclic) bond motifs is 10. The van der Waals surface area contributed by atoms with E-state index in [9.17, 15) is 0 Å². The Labute approximate surface area is 418 Å². The molecule has 0 aliphatic heterocycles. The van der Waals surface area contributed by atoms with Crippen molar-refractivity contribution in [1.82, 2.24) is 9.97 Å². The quantitative estimate of drug-likeness (QED) is 0.152. The number of aromatic nitrogens is 2. The van der Waals surface area contributed by atoms with Gasteiger partial charge in [-0.15, -0.1) is 11.3 Å². The van der Waals surface area contributed by atoms with Crippen molar-refractivity contribution in [2.45, 2.75) is 44.9 Å². The van der Waals surface area contributed by atoms with E-state index in [1.807, 2.05) is 11.3 Å². The van der Waals surface area contributed by atoms with Crippen LogP contribution in [0.25, 0.3) is 75.0 Å². The molecule has 0 N–H and O–H groups in total. The van der Waals surface area contributed by atoms with Gasteiger partial charge in [0, 0.05) is 44.3 Å². The minimum Gasteiger partial charge on any atom is -0.309 e. The summed E-state index contributed by atoms with van der Waals surface area (Å²) in [5.74, 6) is 0.390. The second-order valence-corrected chi connectivity index (χ2v) is 21.3. The number of hydrogen-bond acceptors (Lipinski definition) is 5. The molecule has 4 nitrogen and oxygen atoms in total. The molecule has 0 amide bonds. The van der Waals surface area contributed by atoms with E-state index >= 15 is 0 Å². The monoisotopic (exact) mass is 930 g/mol. The van der Waals surface area contributed by atoms with Crippen LogP contribution >= 0.6 is 11.3 Å². The Bertz CT molecular complexity index is 3900. The smallest absolute Gasteiger partial charge is 0.108 e. The molecule has 2 heterocycles. The van der Waals surface area contributed by atoms with Crippen LogP contribution in [0.5, 0.6) is 0 Å². The molecule has 2 aliphatic carbocycles. The molecule has 14 rings (SSSR count). The van der Waals surface area contributed by atoms with E-state index < -0.39 is 0 Å². The van der Waals surface area contributed by atoms with Gasteiger partial charge in [-0.25, -0.2) is 9.97 Å². The van der Waals surface area contributed by atoms with Gasteiger partial charge in [-0.05, 0) is 99.5 Å². The predicted octanol–water partition coefficient (Wildman–Crippen LogP) is 18.8. The second-order valence-electron chi connectivity index (χ2n) is 20.3. The van der Waals surface area contributed by atoms with Gasteiger partial charge in [0.05, 0.1) is 43.9 Å². The standard InChI is InChI=1S/C66H50N4S/c1-65(2)54-40-41-66(65,3)64-59(54)67-60-61(68-64)63(47-34-38-49(39-35-47)70(57-30-14-22-44-18-6-10-26-52(44)57)58-31-15-23-45-19-7-11-27-53(45)58)71-62(60)46-32-36-48(37-33-46)69(55-28-12-20-42-16-4-8-24-50(42)55)56-29-13-21-43-17-5-9-25-51(43)56/h4-39,54H,40-41H2,1-3H3. The molecule has 71 heavy (non-hydrogen) atoms. The average Bonchev–Trinajstić information content (AvgIpc) is 3.96. The molecule has 0 spiro atoms. The van der Waals surface area contributed by atoms with Gasteiger partial charge in [0.15, 0.2) is 0 Å². The van der Waals surface area contributed by atoms with Gasteiger partial charge in [-0.2, -0.15) is 0 Å². The lowest BCUT2D eigenvalue weighted by Crippen LogP contribution is -2.31. The van der Waals surface area contributed by atoms with Crippen LogP contribution in [0.3, 0.4) is 0 Å². The van der Waals surface area contributed by atoms with Gasteiger partial charge in [0.1, 0.15) is 11.0 Å². The van der Waals surface area contributed by atoms with E-state index in [1.165, 1.54) is 54.5 Å². The van der Waals surface area contributed by atoms with Crippen molar-refractivity contribution in [1.29, 1.82) is 0 Å². The summed E-state index contributed by atoms with van der Waals surface area (Å²) in [5.41, 5.74) is 13.5. The Hall–Kier alpha value is -8.12. The number of thiophene rings is 1. The van der Waals surface area contributed by atoms with E-state index in [1.54, 1.807) is 0 Å². The summed E-state index contributed by atoms with van der Waals surface area (Å²) >= 11 is 1.82. The van der Waals surface area contributed by atoms with Crippen LogP contribution in [0.1, 0.15) is 50.9 Å². The lowest BCUT2D eigenvalue weighted by atomic mass is 9.70. The van der Waals surface area contributed by atoms with Gasteiger partial charge in [-0.3, -0.25) is 0 Å². The van der Waals surface area contributed by atoms with Crippen LogP contribution in [-0.4, -0.2) is 9.97 Å². The average molecular weight is 931 g/mol. The minimum absolute atomic E-state index is 0.0246. The first kappa shape index (κ1) is 41.8. The summed E-state index contributed by atoms with van der Waals surface area (Å²) in [6.07, 6.45) is 2.30. The number of rotatable bonds is 8. The summed E-state index contributed by atoms with van der Waals surface area (Å²) in [4.78, 5) is 18.7. The first-order chi connectivity index (χ1) is 34.8. The molecule has 2 unspecified atom stereocenters. The molecule has 2 bridgehead atoms. The van der Waals surface area contributed by atoms with Crippen molar-refractivity contribution in [3.8, 4) is 20.9 Å². The SMILES string of the molecule is CC12CCC(c3nc4c(-c5ccc(N(c6cccc7ccccc67)c6cccc7ccccc67)cc5)sc(-c5ccc(N(c6cccc7ccccc67)c6cccc7ccccc67)cc5)c4nc31)C2(C)C. The van der Waals surface area contributed by atoms with Crippen molar-refractivity contribution < 1.29 is 0 Å². The zero-order valence-electron chi connectivity index (χ0n) is 40.0. The van der Waals surface area contributed by atoms with Crippen molar-refractivity contribution in [3.05, 3.63) is 230 Å². The predicted molar refractivity (Wildman–Crippen MR) is 301 cm³/mol. The van der Waals surface area contributed by atoms with E-state index in [-0.39, 0.29) is 10.8 Å². The molecule has 0 radical (unpaired) electrons. The van der Waals surface area contributed by atoms with Crippen molar-refractivity contribution in [2.24, 2.45) is 5.41 Å². The maximum atomic E-state index is 5.76. The molecular weight excluding hydrogens is 881 g/mol.